The second kappa shape index (κ2) is 4.64. The van der Waals surface area contributed by atoms with Crippen molar-refractivity contribution in [3.05, 3.63) is 29.8 Å². The molecule has 0 saturated heterocycles. The number of hydrogen-bond acceptors (Lipinski definition) is 6. The largest absolute Gasteiger partial charge is 0.307 e. The van der Waals surface area contributed by atoms with Crippen molar-refractivity contribution in [3.63, 3.8) is 0 Å². The quantitative estimate of drug-likeness (QED) is 0.728. The molecule has 0 fully saturated rings. The third kappa shape index (κ3) is 2.29. The van der Waals surface area contributed by atoms with E-state index in [1.165, 1.54) is 9.60 Å². The molecule has 1 N–H and O–H groups in total. The van der Waals surface area contributed by atoms with Crippen molar-refractivity contribution in [1.82, 2.24) is 9.97 Å². The second-order valence-corrected chi connectivity index (χ2v) is 6.12. The van der Waals surface area contributed by atoms with Crippen molar-refractivity contribution >= 4 is 54.9 Å². The van der Waals surface area contributed by atoms with E-state index < -0.39 is 0 Å². The van der Waals surface area contributed by atoms with Crippen LogP contribution in [0.25, 0.3) is 10.2 Å². The zero-order valence-corrected chi connectivity index (χ0v) is 11.5. The van der Waals surface area contributed by atoms with Gasteiger partial charge >= 0.3 is 0 Å². The summed E-state index contributed by atoms with van der Waals surface area (Å²) < 4.78 is 1.20. The fourth-order valence-electron chi connectivity index (χ4n) is 1.46. The maximum Gasteiger partial charge on any atom is 0.190 e. The van der Waals surface area contributed by atoms with Crippen LogP contribution in [0.1, 0.15) is 0 Å². The Morgan fingerprint density at radius 1 is 1.29 bits per heavy atom. The van der Waals surface area contributed by atoms with Crippen molar-refractivity contribution in [2.24, 2.45) is 0 Å². The van der Waals surface area contributed by atoms with E-state index in [0.717, 1.165) is 15.8 Å². The van der Waals surface area contributed by atoms with Gasteiger partial charge in [0.05, 0.1) is 10.2 Å². The lowest BCUT2D eigenvalue weighted by Gasteiger charge is -1.93. The number of fused-ring (bicyclic) bond motifs is 1. The van der Waals surface area contributed by atoms with Crippen LogP contribution in [0.2, 0.25) is 0 Å². The van der Waals surface area contributed by atoms with Gasteiger partial charge in [-0.1, -0.05) is 11.3 Å². The molecule has 0 spiro atoms. The molecule has 86 valence electrons. The average Bonchev–Trinajstić information content (AvgIpc) is 2.96. The highest BCUT2D eigenvalue weighted by Gasteiger charge is 2.05. The zero-order valence-electron chi connectivity index (χ0n) is 9.01. The van der Waals surface area contributed by atoms with Crippen molar-refractivity contribution in [1.29, 1.82) is 0 Å². The highest BCUT2D eigenvalue weighted by atomic mass is 32.2. The van der Waals surface area contributed by atoms with Crippen LogP contribution in [0.5, 0.6) is 0 Å². The number of hydrogen-bond donors (Lipinski definition) is 1. The Kier molecular flexibility index (Phi) is 3.00. The van der Waals surface area contributed by atoms with Crippen molar-refractivity contribution in [3.8, 4) is 0 Å². The number of nitrogens with zero attached hydrogens (tertiary/aromatic N) is 2. The van der Waals surface area contributed by atoms with E-state index in [1.54, 1.807) is 40.6 Å². The molecule has 3 aromatic rings. The van der Waals surface area contributed by atoms with Crippen LogP contribution in [-0.2, 0) is 0 Å². The van der Waals surface area contributed by atoms with Gasteiger partial charge in [0.1, 0.15) is 0 Å². The van der Waals surface area contributed by atoms with Crippen LogP contribution in [0.15, 0.2) is 34.7 Å². The van der Waals surface area contributed by atoms with Crippen LogP contribution in [0.3, 0.4) is 0 Å². The third-order valence-corrected chi connectivity index (χ3v) is 4.59. The smallest absolute Gasteiger partial charge is 0.190 e. The topological polar surface area (TPSA) is 37.8 Å². The molecule has 0 aliphatic heterocycles. The Morgan fingerprint density at radius 3 is 3.00 bits per heavy atom. The Balaban J connectivity index is 1.96. The first kappa shape index (κ1) is 11.0. The van der Waals surface area contributed by atoms with Crippen LogP contribution >= 0.6 is 34.4 Å². The average molecular weight is 279 g/mol. The predicted molar refractivity (Wildman–Crippen MR) is 76.8 cm³/mol. The SMILES string of the molecule is CSc1ccc2nc(Nc3nccs3)sc2c1. The van der Waals surface area contributed by atoms with E-state index in [0.29, 0.717) is 0 Å². The minimum Gasteiger partial charge on any atom is -0.307 e. The Hall–Kier alpha value is -1.11. The van der Waals surface area contributed by atoms with Crippen molar-refractivity contribution in [2.45, 2.75) is 4.90 Å². The van der Waals surface area contributed by atoms with Gasteiger partial charge in [-0.25, -0.2) is 9.97 Å². The highest BCUT2D eigenvalue weighted by Crippen LogP contribution is 2.31. The molecule has 3 nitrogen and oxygen atoms in total. The molecule has 1 aromatic carbocycles. The fraction of sp³-hybridized carbons (Fsp3) is 0.0909. The van der Waals surface area contributed by atoms with E-state index in [2.05, 4.69) is 39.7 Å². The van der Waals surface area contributed by atoms with E-state index in [4.69, 9.17) is 0 Å². The highest BCUT2D eigenvalue weighted by molar-refractivity contribution is 7.98. The van der Waals surface area contributed by atoms with Crippen molar-refractivity contribution < 1.29 is 0 Å². The second-order valence-electron chi connectivity index (χ2n) is 3.31. The van der Waals surface area contributed by atoms with Crippen molar-refractivity contribution in [2.75, 3.05) is 11.6 Å². The summed E-state index contributed by atoms with van der Waals surface area (Å²) in [5, 5.41) is 6.94. The standard InChI is InChI=1S/C11H9N3S3/c1-15-7-2-3-8-9(6-7)17-11(13-8)14-10-12-4-5-16-10/h2-6H,1H3,(H,12,13,14). The number of rotatable bonds is 3. The molecule has 0 unspecified atom stereocenters. The van der Waals surface area contributed by atoms with Gasteiger partial charge in [-0.05, 0) is 24.5 Å². The first-order chi connectivity index (χ1) is 8.35. The molecule has 0 aliphatic carbocycles. The molecule has 17 heavy (non-hydrogen) atoms. The fourth-order valence-corrected chi connectivity index (χ4v) is 3.47. The van der Waals surface area contributed by atoms with Gasteiger partial charge in [-0.15, -0.1) is 23.1 Å². The summed E-state index contributed by atoms with van der Waals surface area (Å²) in [5.74, 6) is 0. The molecule has 2 aromatic heterocycles. The summed E-state index contributed by atoms with van der Waals surface area (Å²) in [7, 11) is 0. The van der Waals surface area contributed by atoms with Gasteiger partial charge in [0.25, 0.3) is 0 Å². The monoisotopic (exact) mass is 279 g/mol. The van der Waals surface area contributed by atoms with Crippen LogP contribution < -0.4 is 5.32 Å². The molecule has 0 atom stereocenters. The first-order valence-corrected chi connectivity index (χ1v) is 7.88. The van der Waals surface area contributed by atoms with E-state index >= 15 is 0 Å². The molecule has 2 heterocycles. The number of benzene rings is 1. The third-order valence-electron chi connectivity index (χ3n) is 2.24. The normalized spacial score (nSPS) is 10.9. The van der Waals surface area contributed by atoms with Gasteiger partial charge in [0.15, 0.2) is 10.3 Å². The Labute approximate surface area is 111 Å². The van der Waals surface area contributed by atoms with Crippen LogP contribution in [-0.4, -0.2) is 16.2 Å². The van der Waals surface area contributed by atoms with Gasteiger partial charge in [0, 0.05) is 16.5 Å². The van der Waals surface area contributed by atoms with Gasteiger partial charge in [0.2, 0.25) is 0 Å². The summed E-state index contributed by atoms with van der Waals surface area (Å²) in [6.07, 6.45) is 3.86. The Morgan fingerprint density at radius 2 is 2.24 bits per heavy atom. The molecule has 0 bridgehead atoms. The molecule has 0 amide bonds. The molecular formula is C11H9N3S3. The molecule has 0 saturated carbocycles. The maximum absolute atomic E-state index is 4.53. The summed E-state index contributed by atoms with van der Waals surface area (Å²) in [6, 6.07) is 6.33. The number of anilines is 2. The lowest BCUT2D eigenvalue weighted by molar-refractivity contribution is 1.36. The minimum absolute atomic E-state index is 0.883. The molecular weight excluding hydrogens is 270 g/mol. The summed E-state index contributed by atoms with van der Waals surface area (Å²) >= 11 is 4.98. The molecule has 0 radical (unpaired) electrons. The lowest BCUT2D eigenvalue weighted by Crippen LogP contribution is -1.86. The first-order valence-electron chi connectivity index (χ1n) is 4.96. The van der Waals surface area contributed by atoms with Gasteiger partial charge < -0.3 is 5.32 Å². The number of aromatic nitrogens is 2. The molecule has 3 rings (SSSR count). The number of thioether (sulfide) groups is 1. The summed E-state index contributed by atoms with van der Waals surface area (Å²) in [4.78, 5) is 9.98. The Bertz CT molecular complexity index is 631. The minimum atomic E-state index is 0.883. The van der Waals surface area contributed by atoms with Crippen LogP contribution in [0.4, 0.5) is 10.3 Å². The summed E-state index contributed by atoms with van der Waals surface area (Å²) in [5.41, 5.74) is 1.03. The predicted octanol–water partition coefficient (Wildman–Crippen LogP) is 4.22. The molecule has 6 heteroatoms. The van der Waals surface area contributed by atoms with Gasteiger partial charge in [-0.2, -0.15) is 0 Å². The maximum atomic E-state index is 4.53. The molecule has 0 aliphatic rings. The van der Waals surface area contributed by atoms with Crippen LogP contribution in [0, 0.1) is 0 Å². The van der Waals surface area contributed by atoms with E-state index in [9.17, 15) is 0 Å². The van der Waals surface area contributed by atoms with E-state index in [1.807, 2.05) is 5.38 Å². The number of thiazole rings is 2. The zero-order chi connectivity index (χ0) is 11.7. The van der Waals surface area contributed by atoms with E-state index in [-0.39, 0.29) is 0 Å². The summed E-state index contributed by atoms with van der Waals surface area (Å²) in [6.45, 7) is 0. The lowest BCUT2D eigenvalue weighted by atomic mass is 10.3. The number of nitrogens with one attached hydrogen (secondary N) is 1. The van der Waals surface area contributed by atoms with Gasteiger partial charge in [-0.3, -0.25) is 0 Å².